The van der Waals surface area contributed by atoms with Gasteiger partial charge < -0.3 is 14.2 Å². The van der Waals surface area contributed by atoms with E-state index in [9.17, 15) is 0 Å². The normalized spacial score (nSPS) is 10.2. The van der Waals surface area contributed by atoms with Crippen LogP contribution in [0.2, 0.25) is 0 Å². The Kier molecular flexibility index (Phi) is 4.23. The molecule has 0 aliphatic carbocycles. The molecule has 2 aromatic rings. The van der Waals surface area contributed by atoms with Crippen LogP contribution >= 0.6 is 34.1 Å². The number of hydrogen-bond donors (Lipinski definition) is 0. The van der Waals surface area contributed by atoms with E-state index in [-0.39, 0.29) is 0 Å². The van der Waals surface area contributed by atoms with Crippen LogP contribution in [0.3, 0.4) is 0 Å². The molecule has 96 valence electrons. The molecule has 1 aromatic heterocycles. The highest BCUT2D eigenvalue weighted by Gasteiger charge is 2.16. The number of rotatable bonds is 4. The van der Waals surface area contributed by atoms with Crippen molar-refractivity contribution in [3.63, 3.8) is 0 Å². The van der Waals surface area contributed by atoms with Gasteiger partial charge in [-0.25, -0.2) is 4.98 Å². The Balaban J connectivity index is 2.58. The Morgan fingerprint density at radius 2 is 1.61 bits per heavy atom. The highest BCUT2D eigenvalue weighted by atomic mass is 127. The van der Waals surface area contributed by atoms with Crippen molar-refractivity contribution in [1.29, 1.82) is 0 Å². The van der Waals surface area contributed by atoms with Crippen LogP contribution in [0.25, 0.3) is 10.6 Å². The molecule has 5 nitrogen and oxygen atoms in total. The van der Waals surface area contributed by atoms with Gasteiger partial charge in [0.15, 0.2) is 11.5 Å². The minimum atomic E-state index is 0.623. The van der Waals surface area contributed by atoms with Crippen LogP contribution in [0, 0.1) is 3.83 Å². The monoisotopic (exact) mass is 378 g/mol. The van der Waals surface area contributed by atoms with Gasteiger partial charge in [-0.15, -0.1) is 0 Å². The Bertz CT molecular complexity index is 559. The standard InChI is InChI=1S/C11H11IN2O3S/c1-15-7-5-9(17-3)8(16-2)4-6(7)10-13-11(12)14-18-10/h4-5H,1-3H3. The molecule has 0 unspecified atom stereocenters. The number of hydrogen-bond acceptors (Lipinski definition) is 6. The summed E-state index contributed by atoms with van der Waals surface area (Å²) in [5, 5.41) is 0.789. The second-order valence-electron chi connectivity index (χ2n) is 3.28. The smallest absolute Gasteiger partial charge is 0.203 e. The van der Waals surface area contributed by atoms with E-state index in [1.54, 1.807) is 27.4 Å². The van der Waals surface area contributed by atoms with Crippen LogP contribution in [0.5, 0.6) is 17.2 Å². The molecule has 0 radical (unpaired) electrons. The number of halogens is 1. The molecule has 7 heteroatoms. The van der Waals surface area contributed by atoms with Gasteiger partial charge in [0.2, 0.25) is 3.83 Å². The van der Waals surface area contributed by atoms with Gasteiger partial charge in [-0.05, 0) is 17.6 Å². The molecular weight excluding hydrogens is 367 g/mol. The average molecular weight is 378 g/mol. The van der Waals surface area contributed by atoms with Gasteiger partial charge in [0.1, 0.15) is 10.8 Å². The molecule has 0 bridgehead atoms. The Labute approximate surface area is 122 Å². The first-order chi connectivity index (χ1) is 8.69. The van der Waals surface area contributed by atoms with E-state index in [2.05, 4.69) is 31.9 Å². The summed E-state index contributed by atoms with van der Waals surface area (Å²) >= 11 is 3.39. The van der Waals surface area contributed by atoms with Crippen LogP contribution in [0.15, 0.2) is 12.1 Å². The fraction of sp³-hybridized carbons (Fsp3) is 0.273. The predicted molar refractivity (Wildman–Crippen MR) is 77.7 cm³/mol. The lowest BCUT2D eigenvalue weighted by molar-refractivity contribution is 0.349. The number of ether oxygens (including phenoxy) is 3. The molecule has 2 rings (SSSR count). The first kappa shape index (κ1) is 13.3. The zero-order valence-corrected chi connectivity index (χ0v) is 13.0. The molecule has 0 fully saturated rings. The number of aromatic nitrogens is 2. The lowest BCUT2D eigenvalue weighted by atomic mass is 10.2. The van der Waals surface area contributed by atoms with E-state index < -0.39 is 0 Å². The van der Waals surface area contributed by atoms with E-state index >= 15 is 0 Å². The maximum Gasteiger partial charge on any atom is 0.203 e. The van der Waals surface area contributed by atoms with E-state index in [1.807, 2.05) is 6.07 Å². The van der Waals surface area contributed by atoms with E-state index in [0.29, 0.717) is 21.1 Å². The molecule has 0 spiro atoms. The van der Waals surface area contributed by atoms with Crippen molar-refractivity contribution in [1.82, 2.24) is 9.36 Å². The predicted octanol–water partition coefficient (Wildman–Crippen LogP) is 2.84. The Morgan fingerprint density at radius 3 is 2.11 bits per heavy atom. The molecule has 0 amide bonds. The van der Waals surface area contributed by atoms with Gasteiger partial charge in [0, 0.05) is 28.7 Å². The fourth-order valence-electron chi connectivity index (χ4n) is 1.51. The summed E-state index contributed by atoms with van der Waals surface area (Å²) in [5.41, 5.74) is 0.843. The van der Waals surface area contributed by atoms with Crippen LogP contribution in [-0.2, 0) is 0 Å². The topological polar surface area (TPSA) is 53.5 Å². The van der Waals surface area contributed by atoms with Crippen LogP contribution in [0.4, 0.5) is 0 Å². The highest BCUT2D eigenvalue weighted by Crippen LogP contribution is 2.40. The second kappa shape index (κ2) is 5.70. The number of benzene rings is 1. The first-order valence-electron chi connectivity index (χ1n) is 4.99. The fourth-order valence-corrected chi connectivity index (χ4v) is 2.80. The molecule has 0 N–H and O–H groups in total. The van der Waals surface area contributed by atoms with Gasteiger partial charge in [-0.1, -0.05) is 0 Å². The van der Waals surface area contributed by atoms with Crippen LogP contribution in [0.1, 0.15) is 0 Å². The van der Waals surface area contributed by atoms with E-state index in [4.69, 9.17) is 14.2 Å². The maximum absolute atomic E-state index is 5.35. The van der Waals surface area contributed by atoms with E-state index in [1.165, 1.54) is 11.5 Å². The van der Waals surface area contributed by atoms with Crippen molar-refractivity contribution >= 4 is 34.1 Å². The summed E-state index contributed by atoms with van der Waals surface area (Å²) < 4.78 is 20.7. The van der Waals surface area contributed by atoms with Gasteiger partial charge in [0.25, 0.3) is 0 Å². The maximum atomic E-state index is 5.35. The summed E-state index contributed by atoms with van der Waals surface area (Å²) in [7, 11) is 4.79. The summed E-state index contributed by atoms with van der Waals surface area (Å²) in [5.74, 6) is 1.94. The molecule has 0 atom stereocenters. The lowest BCUT2D eigenvalue weighted by Gasteiger charge is -2.12. The molecule has 1 aromatic carbocycles. The SMILES string of the molecule is COc1cc(OC)c(-c2nc(I)ns2)cc1OC. The third kappa shape index (κ3) is 2.51. The lowest BCUT2D eigenvalue weighted by Crippen LogP contribution is -1.94. The minimum absolute atomic E-state index is 0.623. The molecule has 18 heavy (non-hydrogen) atoms. The molecule has 0 aliphatic rings. The van der Waals surface area contributed by atoms with Crippen LogP contribution in [-0.4, -0.2) is 30.7 Å². The molecular formula is C11H11IN2O3S. The van der Waals surface area contributed by atoms with Crippen molar-refractivity contribution in [2.24, 2.45) is 0 Å². The molecule has 0 aliphatic heterocycles. The second-order valence-corrected chi connectivity index (χ2v) is 4.99. The average Bonchev–Trinajstić information content (AvgIpc) is 2.83. The summed E-state index contributed by atoms with van der Waals surface area (Å²) in [6, 6.07) is 3.62. The Hall–Kier alpha value is -1.09. The zero-order chi connectivity index (χ0) is 13.1. The Morgan fingerprint density at radius 1 is 1.00 bits per heavy atom. The zero-order valence-electron chi connectivity index (χ0n) is 10.1. The molecule has 1 heterocycles. The third-order valence-corrected chi connectivity index (χ3v) is 3.90. The quantitative estimate of drug-likeness (QED) is 0.766. The van der Waals surface area contributed by atoms with Gasteiger partial charge in [-0.2, -0.15) is 4.37 Å². The summed E-state index contributed by atoms with van der Waals surface area (Å²) in [4.78, 5) is 4.34. The van der Waals surface area contributed by atoms with Crippen LogP contribution < -0.4 is 14.2 Å². The van der Waals surface area contributed by atoms with E-state index in [0.717, 1.165) is 10.6 Å². The molecule has 0 saturated heterocycles. The summed E-state index contributed by atoms with van der Waals surface area (Å²) in [6.07, 6.45) is 0. The number of methoxy groups -OCH3 is 3. The van der Waals surface area contributed by atoms with Crippen molar-refractivity contribution < 1.29 is 14.2 Å². The largest absolute Gasteiger partial charge is 0.496 e. The van der Waals surface area contributed by atoms with Crippen molar-refractivity contribution in [3.8, 4) is 27.8 Å². The first-order valence-corrected chi connectivity index (χ1v) is 6.84. The van der Waals surface area contributed by atoms with Crippen molar-refractivity contribution in [2.45, 2.75) is 0 Å². The van der Waals surface area contributed by atoms with Crippen molar-refractivity contribution in [3.05, 3.63) is 16.0 Å². The highest BCUT2D eigenvalue weighted by molar-refractivity contribution is 14.1. The number of nitrogens with zero attached hydrogens (tertiary/aromatic N) is 2. The summed E-state index contributed by atoms with van der Waals surface area (Å²) in [6.45, 7) is 0. The third-order valence-electron chi connectivity index (χ3n) is 2.34. The molecule has 0 saturated carbocycles. The van der Waals surface area contributed by atoms with Gasteiger partial charge in [-0.3, -0.25) is 0 Å². The van der Waals surface area contributed by atoms with Gasteiger partial charge >= 0.3 is 0 Å². The minimum Gasteiger partial charge on any atom is -0.496 e. The van der Waals surface area contributed by atoms with Gasteiger partial charge in [0.05, 0.1) is 26.9 Å². The van der Waals surface area contributed by atoms with Crippen molar-refractivity contribution in [2.75, 3.05) is 21.3 Å².